The monoisotopic (exact) mass is 248 g/mol. The summed E-state index contributed by atoms with van der Waals surface area (Å²) in [5.41, 5.74) is 1.01. The quantitative estimate of drug-likeness (QED) is 0.862. The van der Waals surface area contributed by atoms with Gasteiger partial charge in [-0.2, -0.15) is 0 Å². The van der Waals surface area contributed by atoms with E-state index in [0.29, 0.717) is 13.1 Å². The Morgan fingerprint density at radius 1 is 1.22 bits per heavy atom. The van der Waals surface area contributed by atoms with Crippen molar-refractivity contribution >= 4 is 11.8 Å². The maximum Gasteiger partial charge on any atom is 0.219 e. The average Bonchev–Trinajstić information content (AvgIpc) is 2.34. The fourth-order valence-electron chi connectivity index (χ4n) is 1.87. The van der Waals surface area contributed by atoms with Crippen molar-refractivity contribution < 1.29 is 9.59 Å². The van der Waals surface area contributed by atoms with Crippen LogP contribution in [-0.2, 0) is 9.59 Å². The van der Waals surface area contributed by atoms with Gasteiger partial charge in [-0.3, -0.25) is 9.59 Å². The van der Waals surface area contributed by atoms with Gasteiger partial charge in [0.05, 0.1) is 6.04 Å². The lowest BCUT2D eigenvalue weighted by atomic mass is 10.1. The summed E-state index contributed by atoms with van der Waals surface area (Å²) in [6, 6.07) is 9.52. The molecule has 4 heteroatoms. The van der Waals surface area contributed by atoms with Crippen LogP contribution in [0.2, 0.25) is 0 Å². The molecule has 4 nitrogen and oxygen atoms in total. The number of carbonyl (C=O) groups is 2. The van der Waals surface area contributed by atoms with Gasteiger partial charge >= 0.3 is 0 Å². The standard InChI is InChI=1S/C14H20N2O2/c1-4-16(12(3)18)10-14(15-11(2)17)13-8-6-5-7-9-13/h5-9,14H,4,10H2,1-3H3,(H,15,17). The van der Waals surface area contributed by atoms with Gasteiger partial charge in [0, 0.05) is 26.9 Å². The molecule has 0 bridgehead atoms. The van der Waals surface area contributed by atoms with Crippen LogP contribution in [0, 0.1) is 0 Å². The minimum absolute atomic E-state index is 0.0174. The lowest BCUT2D eigenvalue weighted by Crippen LogP contribution is -2.39. The summed E-state index contributed by atoms with van der Waals surface area (Å²) in [4.78, 5) is 24.4. The minimum Gasteiger partial charge on any atom is -0.348 e. The van der Waals surface area contributed by atoms with Gasteiger partial charge in [-0.15, -0.1) is 0 Å². The summed E-state index contributed by atoms with van der Waals surface area (Å²) in [6.07, 6.45) is 0. The number of benzene rings is 1. The van der Waals surface area contributed by atoms with E-state index in [4.69, 9.17) is 0 Å². The molecule has 0 aliphatic rings. The van der Waals surface area contributed by atoms with Crippen molar-refractivity contribution in [2.75, 3.05) is 13.1 Å². The molecular weight excluding hydrogens is 228 g/mol. The van der Waals surface area contributed by atoms with Crippen LogP contribution < -0.4 is 5.32 Å². The van der Waals surface area contributed by atoms with E-state index in [0.717, 1.165) is 5.56 Å². The Bertz CT molecular complexity index is 404. The maximum atomic E-state index is 11.4. The molecular formula is C14H20N2O2. The second-order valence-electron chi connectivity index (χ2n) is 4.22. The van der Waals surface area contributed by atoms with E-state index >= 15 is 0 Å². The van der Waals surface area contributed by atoms with Crippen molar-refractivity contribution in [2.24, 2.45) is 0 Å². The third-order valence-electron chi connectivity index (χ3n) is 2.81. The predicted octanol–water partition coefficient (Wildman–Crippen LogP) is 1.73. The van der Waals surface area contributed by atoms with Crippen molar-refractivity contribution in [1.82, 2.24) is 10.2 Å². The number of hydrogen-bond donors (Lipinski definition) is 1. The van der Waals surface area contributed by atoms with Gasteiger partial charge in [0.2, 0.25) is 11.8 Å². The highest BCUT2D eigenvalue weighted by atomic mass is 16.2. The summed E-state index contributed by atoms with van der Waals surface area (Å²) in [6.45, 7) is 6.09. The van der Waals surface area contributed by atoms with Crippen LogP contribution in [0.25, 0.3) is 0 Å². The Morgan fingerprint density at radius 2 is 1.83 bits per heavy atom. The summed E-state index contributed by atoms with van der Waals surface area (Å²) >= 11 is 0. The molecule has 0 aliphatic heterocycles. The zero-order valence-electron chi connectivity index (χ0n) is 11.1. The van der Waals surface area contributed by atoms with Gasteiger partial charge in [-0.1, -0.05) is 30.3 Å². The second-order valence-corrected chi connectivity index (χ2v) is 4.22. The normalized spacial score (nSPS) is 11.7. The first kappa shape index (κ1) is 14.2. The number of likely N-dealkylation sites (N-methyl/N-ethyl adjacent to an activating group) is 1. The Hall–Kier alpha value is -1.84. The first-order chi connectivity index (χ1) is 8.54. The first-order valence-electron chi connectivity index (χ1n) is 6.12. The third kappa shape index (κ3) is 4.20. The lowest BCUT2D eigenvalue weighted by molar-refractivity contribution is -0.129. The second kappa shape index (κ2) is 6.79. The van der Waals surface area contributed by atoms with E-state index in [2.05, 4.69) is 5.32 Å². The molecule has 0 saturated carbocycles. The molecule has 1 aromatic rings. The number of carbonyl (C=O) groups excluding carboxylic acids is 2. The van der Waals surface area contributed by atoms with Crippen LogP contribution in [-0.4, -0.2) is 29.8 Å². The van der Waals surface area contributed by atoms with Crippen molar-refractivity contribution in [3.63, 3.8) is 0 Å². The molecule has 0 aliphatic carbocycles. The van der Waals surface area contributed by atoms with E-state index in [1.54, 1.807) is 11.8 Å². The number of nitrogens with one attached hydrogen (secondary N) is 1. The largest absolute Gasteiger partial charge is 0.348 e. The Kier molecular flexibility index (Phi) is 5.36. The number of hydrogen-bond acceptors (Lipinski definition) is 2. The van der Waals surface area contributed by atoms with Crippen molar-refractivity contribution in [3.8, 4) is 0 Å². The zero-order chi connectivity index (χ0) is 13.5. The molecule has 18 heavy (non-hydrogen) atoms. The molecule has 1 atom stereocenters. The summed E-state index contributed by atoms with van der Waals surface area (Å²) in [5.74, 6) is -0.0766. The number of nitrogens with zero attached hydrogens (tertiary/aromatic N) is 1. The van der Waals surface area contributed by atoms with E-state index in [1.165, 1.54) is 6.92 Å². The van der Waals surface area contributed by atoms with Gasteiger partial charge in [-0.25, -0.2) is 0 Å². The van der Waals surface area contributed by atoms with Crippen molar-refractivity contribution in [2.45, 2.75) is 26.8 Å². The average molecular weight is 248 g/mol. The molecule has 0 aromatic heterocycles. The van der Waals surface area contributed by atoms with Crippen LogP contribution in [0.1, 0.15) is 32.4 Å². The maximum absolute atomic E-state index is 11.4. The van der Waals surface area contributed by atoms with E-state index in [1.807, 2.05) is 37.3 Å². The third-order valence-corrected chi connectivity index (χ3v) is 2.81. The molecule has 1 unspecified atom stereocenters. The molecule has 0 saturated heterocycles. The summed E-state index contributed by atoms with van der Waals surface area (Å²) in [7, 11) is 0. The van der Waals surface area contributed by atoms with E-state index in [-0.39, 0.29) is 17.9 Å². The molecule has 1 aromatic carbocycles. The summed E-state index contributed by atoms with van der Waals surface area (Å²) in [5, 5.41) is 2.88. The molecule has 0 radical (unpaired) electrons. The highest BCUT2D eigenvalue weighted by Gasteiger charge is 2.17. The fraction of sp³-hybridized carbons (Fsp3) is 0.429. The van der Waals surface area contributed by atoms with Crippen molar-refractivity contribution in [1.29, 1.82) is 0 Å². The summed E-state index contributed by atoms with van der Waals surface area (Å²) < 4.78 is 0. The molecule has 0 fully saturated rings. The van der Waals surface area contributed by atoms with Crippen LogP contribution in [0.5, 0.6) is 0 Å². The molecule has 1 N–H and O–H groups in total. The Morgan fingerprint density at radius 3 is 2.28 bits per heavy atom. The predicted molar refractivity (Wildman–Crippen MR) is 70.9 cm³/mol. The van der Waals surface area contributed by atoms with Gasteiger partial charge in [0.1, 0.15) is 0 Å². The van der Waals surface area contributed by atoms with Crippen molar-refractivity contribution in [3.05, 3.63) is 35.9 Å². The van der Waals surface area contributed by atoms with Crippen LogP contribution in [0.4, 0.5) is 0 Å². The first-order valence-corrected chi connectivity index (χ1v) is 6.12. The van der Waals surface area contributed by atoms with E-state index in [9.17, 15) is 9.59 Å². The SMILES string of the molecule is CCN(CC(NC(C)=O)c1ccccc1)C(C)=O. The molecule has 2 amide bonds. The van der Waals surface area contributed by atoms with Crippen LogP contribution >= 0.6 is 0 Å². The van der Waals surface area contributed by atoms with Gasteiger partial charge < -0.3 is 10.2 Å². The highest BCUT2D eigenvalue weighted by molar-refractivity contribution is 5.74. The number of amides is 2. The highest BCUT2D eigenvalue weighted by Crippen LogP contribution is 2.14. The smallest absolute Gasteiger partial charge is 0.219 e. The van der Waals surface area contributed by atoms with Gasteiger partial charge in [0.15, 0.2) is 0 Å². The molecule has 0 spiro atoms. The molecule has 98 valence electrons. The lowest BCUT2D eigenvalue weighted by Gasteiger charge is -2.26. The van der Waals surface area contributed by atoms with Gasteiger partial charge in [-0.05, 0) is 12.5 Å². The molecule has 0 heterocycles. The fourth-order valence-corrected chi connectivity index (χ4v) is 1.87. The van der Waals surface area contributed by atoms with Gasteiger partial charge in [0.25, 0.3) is 0 Å². The topological polar surface area (TPSA) is 49.4 Å². The Balaban J connectivity index is 2.85. The Labute approximate surface area is 108 Å². The minimum atomic E-state index is -0.160. The molecule has 1 rings (SSSR count). The number of rotatable bonds is 5. The van der Waals surface area contributed by atoms with Crippen LogP contribution in [0.3, 0.4) is 0 Å². The zero-order valence-corrected chi connectivity index (χ0v) is 11.1. The van der Waals surface area contributed by atoms with E-state index < -0.39 is 0 Å². The van der Waals surface area contributed by atoms with Crippen LogP contribution in [0.15, 0.2) is 30.3 Å².